The maximum Gasteiger partial charge on any atom is 0.339 e. The van der Waals surface area contributed by atoms with Crippen molar-refractivity contribution in [3.8, 4) is 5.75 Å². The fourth-order valence-corrected chi connectivity index (χ4v) is 1.37. The van der Waals surface area contributed by atoms with Gasteiger partial charge in [-0.1, -0.05) is 6.08 Å². The van der Waals surface area contributed by atoms with Gasteiger partial charge in [0.1, 0.15) is 17.1 Å². The van der Waals surface area contributed by atoms with E-state index in [0.29, 0.717) is 6.42 Å². The van der Waals surface area contributed by atoms with Crippen molar-refractivity contribution >= 4 is 5.97 Å². The molecule has 0 aliphatic heterocycles. The first-order chi connectivity index (χ1) is 7.47. The predicted molar refractivity (Wildman–Crippen MR) is 56.8 cm³/mol. The molecule has 0 unspecified atom stereocenters. The van der Waals surface area contributed by atoms with E-state index in [1.165, 1.54) is 6.08 Å². The van der Waals surface area contributed by atoms with Crippen LogP contribution >= 0.6 is 0 Å². The van der Waals surface area contributed by atoms with Crippen LogP contribution in [0.3, 0.4) is 0 Å². The minimum atomic E-state index is -1.40. The van der Waals surface area contributed by atoms with Crippen molar-refractivity contribution in [1.29, 1.82) is 0 Å². The summed E-state index contributed by atoms with van der Waals surface area (Å²) < 4.78 is 13.1. The van der Waals surface area contributed by atoms with Crippen LogP contribution in [-0.4, -0.2) is 16.2 Å². The van der Waals surface area contributed by atoms with Gasteiger partial charge in [-0.3, -0.25) is 0 Å². The summed E-state index contributed by atoms with van der Waals surface area (Å²) >= 11 is 0. The number of aromatic carboxylic acids is 1. The van der Waals surface area contributed by atoms with E-state index in [2.05, 4.69) is 6.58 Å². The molecule has 0 spiro atoms. The van der Waals surface area contributed by atoms with Crippen LogP contribution in [0.1, 0.15) is 28.4 Å². The van der Waals surface area contributed by atoms with Gasteiger partial charge in [0.25, 0.3) is 0 Å². The van der Waals surface area contributed by atoms with Crippen LogP contribution in [0.25, 0.3) is 0 Å². The van der Waals surface area contributed by atoms with Gasteiger partial charge in [0.15, 0.2) is 0 Å². The topological polar surface area (TPSA) is 83.6 Å². The van der Waals surface area contributed by atoms with Crippen LogP contribution in [0, 0.1) is 5.82 Å². The highest BCUT2D eigenvalue weighted by Crippen LogP contribution is 2.29. The Hall–Kier alpha value is -1.88. The van der Waals surface area contributed by atoms with Crippen molar-refractivity contribution in [2.75, 3.05) is 0 Å². The van der Waals surface area contributed by atoms with Gasteiger partial charge in [-0.05, 0) is 18.6 Å². The molecule has 1 rings (SSSR count). The first kappa shape index (κ1) is 12.2. The Morgan fingerprint density at radius 3 is 2.75 bits per heavy atom. The van der Waals surface area contributed by atoms with E-state index in [4.69, 9.17) is 10.8 Å². The lowest BCUT2D eigenvalue weighted by Gasteiger charge is -2.13. The lowest BCUT2D eigenvalue weighted by Crippen LogP contribution is -2.11. The van der Waals surface area contributed by atoms with Gasteiger partial charge in [0.2, 0.25) is 0 Å². The first-order valence-electron chi connectivity index (χ1n) is 4.59. The standard InChI is InChI=1S/C11H12FNO3/c1-2-3-9(13)7-4-6(12)5-8(10(7)14)11(15)16/h2,4-5,9,14H,1,3,13H2,(H,15,16)/t9-/m1/s1. The van der Waals surface area contributed by atoms with Gasteiger partial charge in [0, 0.05) is 11.6 Å². The second-order valence-corrected chi connectivity index (χ2v) is 3.33. The van der Waals surface area contributed by atoms with Crippen molar-refractivity contribution in [2.45, 2.75) is 12.5 Å². The zero-order valence-corrected chi connectivity index (χ0v) is 8.48. The van der Waals surface area contributed by atoms with Crippen molar-refractivity contribution in [3.63, 3.8) is 0 Å². The molecule has 16 heavy (non-hydrogen) atoms. The summed E-state index contributed by atoms with van der Waals surface area (Å²) in [4.78, 5) is 10.7. The number of aromatic hydroxyl groups is 1. The van der Waals surface area contributed by atoms with E-state index in [1.54, 1.807) is 0 Å². The van der Waals surface area contributed by atoms with E-state index < -0.39 is 29.1 Å². The zero-order valence-electron chi connectivity index (χ0n) is 8.48. The van der Waals surface area contributed by atoms with E-state index >= 15 is 0 Å². The Balaban J connectivity index is 3.28. The van der Waals surface area contributed by atoms with Crippen LogP contribution in [-0.2, 0) is 0 Å². The Bertz CT molecular complexity index is 431. The minimum Gasteiger partial charge on any atom is -0.507 e. The molecule has 5 heteroatoms. The third-order valence-electron chi connectivity index (χ3n) is 2.15. The van der Waals surface area contributed by atoms with E-state index in [0.717, 1.165) is 12.1 Å². The van der Waals surface area contributed by atoms with Crippen LogP contribution in [0.15, 0.2) is 24.8 Å². The lowest BCUT2D eigenvalue weighted by molar-refractivity contribution is 0.0693. The Kier molecular flexibility index (Phi) is 3.63. The third-order valence-corrected chi connectivity index (χ3v) is 2.15. The summed E-state index contributed by atoms with van der Waals surface area (Å²) in [6.07, 6.45) is 1.82. The minimum absolute atomic E-state index is 0.0669. The van der Waals surface area contributed by atoms with Crippen LogP contribution in [0.5, 0.6) is 5.75 Å². The molecule has 0 amide bonds. The average Bonchev–Trinajstić information content (AvgIpc) is 2.20. The number of hydrogen-bond donors (Lipinski definition) is 3. The number of nitrogens with two attached hydrogens (primary N) is 1. The van der Waals surface area contributed by atoms with E-state index in [-0.39, 0.29) is 5.56 Å². The predicted octanol–water partition coefficient (Wildman–Crippen LogP) is 1.81. The van der Waals surface area contributed by atoms with E-state index in [1.807, 2.05) is 0 Å². The zero-order chi connectivity index (χ0) is 12.3. The number of carboxylic acid groups (broad SMARTS) is 1. The Morgan fingerprint density at radius 1 is 1.62 bits per heavy atom. The first-order valence-corrected chi connectivity index (χ1v) is 4.59. The highest BCUT2D eigenvalue weighted by Gasteiger charge is 2.19. The monoisotopic (exact) mass is 225 g/mol. The number of carboxylic acids is 1. The Morgan fingerprint density at radius 2 is 2.25 bits per heavy atom. The van der Waals surface area contributed by atoms with Crippen LogP contribution < -0.4 is 5.73 Å². The molecule has 0 aliphatic rings. The molecular weight excluding hydrogens is 213 g/mol. The fraction of sp³-hybridized carbons (Fsp3) is 0.182. The molecule has 0 bridgehead atoms. The largest absolute Gasteiger partial charge is 0.507 e. The van der Waals surface area contributed by atoms with Crippen LogP contribution in [0.2, 0.25) is 0 Å². The fourth-order valence-electron chi connectivity index (χ4n) is 1.37. The van der Waals surface area contributed by atoms with Crippen LogP contribution in [0.4, 0.5) is 4.39 Å². The van der Waals surface area contributed by atoms with Crippen molar-refractivity contribution < 1.29 is 19.4 Å². The molecule has 0 aromatic heterocycles. The Labute approximate surface area is 91.8 Å². The van der Waals surface area contributed by atoms with Crippen molar-refractivity contribution in [1.82, 2.24) is 0 Å². The normalized spacial score (nSPS) is 12.1. The smallest absolute Gasteiger partial charge is 0.339 e. The average molecular weight is 225 g/mol. The molecular formula is C11H12FNO3. The number of phenols is 1. The maximum atomic E-state index is 13.1. The summed E-state index contributed by atoms with van der Waals surface area (Å²) in [6, 6.07) is 1.10. The van der Waals surface area contributed by atoms with Gasteiger partial charge >= 0.3 is 5.97 Å². The van der Waals surface area contributed by atoms with Gasteiger partial charge < -0.3 is 15.9 Å². The number of carbonyl (C=O) groups is 1. The maximum absolute atomic E-state index is 13.1. The number of hydrogen-bond acceptors (Lipinski definition) is 3. The molecule has 4 nitrogen and oxygen atoms in total. The number of halogens is 1. The van der Waals surface area contributed by atoms with Gasteiger partial charge in [-0.2, -0.15) is 0 Å². The summed E-state index contributed by atoms with van der Waals surface area (Å²) in [7, 11) is 0. The molecule has 4 N–H and O–H groups in total. The number of rotatable bonds is 4. The molecule has 1 aromatic rings. The molecule has 0 heterocycles. The highest BCUT2D eigenvalue weighted by molar-refractivity contribution is 5.91. The summed E-state index contributed by atoms with van der Waals surface area (Å²) in [5.41, 5.74) is 5.23. The molecule has 0 radical (unpaired) electrons. The highest BCUT2D eigenvalue weighted by atomic mass is 19.1. The van der Waals surface area contributed by atoms with Gasteiger partial charge in [0.05, 0.1) is 0 Å². The summed E-state index contributed by atoms with van der Waals surface area (Å²) in [5.74, 6) is -2.64. The molecule has 0 saturated carbocycles. The van der Waals surface area contributed by atoms with Gasteiger partial charge in [-0.25, -0.2) is 9.18 Å². The quantitative estimate of drug-likeness (QED) is 0.682. The van der Waals surface area contributed by atoms with Crippen molar-refractivity contribution in [3.05, 3.63) is 41.7 Å². The van der Waals surface area contributed by atoms with Crippen molar-refractivity contribution in [2.24, 2.45) is 5.73 Å². The van der Waals surface area contributed by atoms with Gasteiger partial charge in [-0.15, -0.1) is 6.58 Å². The molecule has 0 aliphatic carbocycles. The van der Waals surface area contributed by atoms with E-state index in [9.17, 15) is 14.3 Å². The SMILES string of the molecule is C=CC[C@@H](N)c1cc(F)cc(C(=O)O)c1O. The summed E-state index contributed by atoms with van der Waals surface area (Å²) in [6.45, 7) is 3.46. The molecule has 0 fully saturated rings. The molecule has 1 atom stereocenters. The lowest BCUT2D eigenvalue weighted by atomic mass is 10.00. The number of benzene rings is 1. The molecule has 1 aromatic carbocycles. The molecule has 0 saturated heterocycles. The second-order valence-electron chi connectivity index (χ2n) is 3.33. The summed E-state index contributed by atoms with van der Waals surface area (Å²) in [5, 5.41) is 18.4. The second kappa shape index (κ2) is 4.76. The third kappa shape index (κ3) is 2.38. The molecule has 86 valence electrons.